The summed E-state index contributed by atoms with van der Waals surface area (Å²) >= 11 is 0. The summed E-state index contributed by atoms with van der Waals surface area (Å²) in [4.78, 5) is 25.8. The number of hydrogen-bond acceptors (Lipinski definition) is 13. The lowest BCUT2D eigenvalue weighted by Gasteiger charge is -2.19. The van der Waals surface area contributed by atoms with Crippen molar-refractivity contribution in [2.75, 3.05) is 72.7 Å². The predicted octanol–water partition coefficient (Wildman–Crippen LogP) is 23.1. The molecule has 13 heteroatoms. The molecule has 0 bridgehead atoms. The fourth-order valence-electron chi connectivity index (χ4n) is 12.4. The van der Waals surface area contributed by atoms with E-state index in [1.54, 1.807) is 19.1 Å². The summed E-state index contributed by atoms with van der Waals surface area (Å²) in [6.07, 6.45) is 38.5. The molecule has 0 N–H and O–H groups in total. The number of benzene rings is 7. The van der Waals surface area contributed by atoms with Crippen LogP contribution in [0.2, 0.25) is 0 Å². The van der Waals surface area contributed by atoms with Crippen molar-refractivity contribution >= 4 is 44.3 Å². The standard InChI is InChI=1S/C88H122O13/c1-6-9-12-15-18-21-24-27-30-33-48-94-81-45-42-74-59-71(36-39-77(74)62-81)67-99-84-65-80(88(90)98-58-56-93-54-52-91-51-53-92-55-57-97-87(89)70(4)5)66-85(100-68-72-37-40-78-63-82(46-43-75(78)60-72)95-49-34-31-28-25-22-19-16-13-10-7-2)86(84)101-69-73-38-41-79-64-83(47-44-76(79)61-73)96-50-35-32-29-26-23-20-17-14-11-8-3/h36-47,59-66H,4,6-35,48-58,67-69H2,1-3,5H3. The minimum atomic E-state index is -0.577. The number of carbonyl (C=O) groups excluding carboxylic acids is 2. The molecule has 0 aliphatic heterocycles. The van der Waals surface area contributed by atoms with Crippen LogP contribution < -0.4 is 28.4 Å². The number of fused-ring (bicyclic) bond motifs is 3. The molecule has 0 aliphatic carbocycles. The second-order valence-electron chi connectivity index (χ2n) is 27.2. The second kappa shape index (κ2) is 50.1. The van der Waals surface area contributed by atoms with E-state index in [9.17, 15) is 9.59 Å². The zero-order valence-electron chi connectivity index (χ0n) is 62.2. The molecule has 0 atom stereocenters. The molecular formula is C88H122O13. The molecule has 0 fully saturated rings. The Labute approximate surface area is 606 Å². The van der Waals surface area contributed by atoms with Crippen molar-refractivity contribution in [3.63, 3.8) is 0 Å². The van der Waals surface area contributed by atoms with Crippen LogP contribution in [0.1, 0.15) is 247 Å². The van der Waals surface area contributed by atoms with E-state index in [-0.39, 0.29) is 58.4 Å². The molecule has 0 aliphatic rings. The van der Waals surface area contributed by atoms with Crippen molar-refractivity contribution in [3.05, 3.63) is 156 Å². The van der Waals surface area contributed by atoms with E-state index in [2.05, 4.69) is 124 Å². The lowest BCUT2D eigenvalue weighted by Crippen LogP contribution is -2.15. The summed E-state index contributed by atoms with van der Waals surface area (Å²) in [5.74, 6) is 2.58. The van der Waals surface area contributed by atoms with E-state index in [4.69, 9.17) is 52.1 Å². The van der Waals surface area contributed by atoms with Crippen LogP contribution in [0.3, 0.4) is 0 Å². The Morgan fingerprint density at radius 3 is 0.921 bits per heavy atom. The molecule has 0 heterocycles. The van der Waals surface area contributed by atoms with Gasteiger partial charge >= 0.3 is 11.9 Å². The zero-order valence-corrected chi connectivity index (χ0v) is 62.2. The van der Waals surface area contributed by atoms with E-state index in [1.165, 1.54) is 173 Å². The Balaban J connectivity index is 1.04. The van der Waals surface area contributed by atoms with Gasteiger partial charge in [-0.15, -0.1) is 0 Å². The van der Waals surface area contributed by atoms with Crippen LogP contribution in [0.25, 0.3) is 32.3 Å². The molecule has 0 aromatic heterocycles. The van der Waals surface area contributed by atoms with Gasteiger partial charge in [0, 0.05) is 5.57 Å². The first-order valence-electron chi connectivity index (χ1n) is 39.0. The Morgan fingerprint density at radius 1 is 0.297 bits per heavy atom. The molecule has 0 saturated carbocycles. The number of ether oxygens (including phenoxy) is 11. The van der Waals surface area contributed by atoms with Crippen LogP contribution in [0.5, 0.6) is 34.5 Å². The summed E-state index contributed by atoms with van der Waals surface area (Å²) < 4.78 is 67.0. The molecule has 7 aromatic rings. The highest BCUT2D eigenvalue weighted by molar-refractivity contribution is 5.91. The summed E-state index contributed by atoms with van der Waals surface area (Å²) in [5, 5.41) is 6.40. The van der Waals surface area contributed by atoms with Crippen molar-refractivity contribution in [1.82, 2.24) is 0 Å². The summed E-state index contributed by atoms with van der Waals surface area (Å²) in [6, 6.07) is 41.0. The maximum absolute atomic E-state index is 14.2. The lowest BCUT2D eigenvalue weighted by molar-refractivity contribution is -0.140. The van der Waals surface area contributed by atoms with Gasteiger partial charge < -0.3 is 52.1 Å². The highest BCUT2D eigenvalue weighted by Crippen LogP contribution is 2.41. The first kappa shape index (κ1) is 81.0. The molecule has 0 unspecified atom stereocenters. The molecule has 0 spiro atoms. The van der Waals surface area contributed by atoms with Crippen LogP contribution >= 0.6 is 0 Å². The number of hydrogen-bond donors (Lipinski definition) is 0. The van der Waals surface area contributed by atoms with Gasteiger partial charge in [-0.1, -0.05) is 255 Å². The van der Waals surface area contributed by atoms with E-state index in [0.717, 1.165) is 85.5 Å². The molecule has 101 heavy (non-hydrogen) atoms. The van der Waals surface area contributed by atoms with Crippen molar-refractivity contribution in [3.8, 4) is 34.5 Å². The van der Waals surface area contributed by atoms with Crippen LogP contribution in [0.4, 0.5) is 0 Å². The fraction of sp³-hybridized carbons (Fsp3) is 0.545. The van der Waals surface area contributed by atoms with E-state index >= 15 is 0 Å². The van der Waals surface area contributed by atoms with Gasteiger partial charge in [0.1, 0.15) is 50.3 Å². The SMILES string of the molecule is C=C(C)C(=O)OCCOCCOCCOCCOC(=O)c1cc(OCc2ccc3cc(OCCCCCCCCCCCC)ccc3c2)c(OCc2ccc3cc(OCCCCCCCCCCCC)ccc3c2)c(OCc2ccc3cc(OCCCCCCCCCCCC)ccc3c2)c1. The van der Waals surface area contributed by atoms with Crippen LogP contribution in [0.15, 0.2) is 133 Å². The topological polar surface area (TPSA) is 136 Å². The van der Waals surface area contributed by atoms with Crippen molar-refractivity contribution in [1.29, 1.82) is 0 Å². The van der Waals surface area contributed by atoms with E-state index in [0.29, 0.717) is 62.5 Å². The number of rotatable bonds is 59. The Kier molecular flexibility index (Phi) is 40.2. The molecule has 13 nitrogen and oxygen atoms in total. The summed E-state index contributed by atoms with van der Waals surface area (Å²) in [7, 11) is 0. The quantitative estimate of drug-likeness (QED) is 0.0203. The highest BCUT2D eigenvalue weighted by Gasteiger charge is 2.22. The molecule has 0 amide bonds. The van der Waals surface area contributed by atoms with Crippen molar-refractivity contribution in [2.45, 2.75) is 240 Å². The van der Waals surface area contributed by atoms with Gasteiger partial charge in [-0.25, -0.2) is 9.59 Å². The largest absolute Gasteiger partial charge is 0.494 e. The molecular weight excluding hydrogens is 1260 g/mol. The van der Waals surface area contributed by atoms with Crippen LogP contribution in [-0.2, 0) is 48.3 Å². The minimum absolute atomic E-state index is 0.00325. The average Bonchev–Trinajstić information content (AvgIpc) is 0.814. The van der Waals surface area contributed by atoms with Crippen molar-refractivity contribution in [2.24, 2.45) is 0 Å². The van der Waals surface area contributed by atoms with E-state index in [1.807, 2.05) is 12.1 Å². The number of carbonyl (C=O) groups is 2. The van der Waals surface area contributed by atoms with Gasteiger partial charge in [0.05, 0.1) is 65.0 Å². The molecule has 0 saturated heterocycles. The fourth-order valence-corrected chi connectivity index (χ4v) is 12.4. The van der Waals surface area contributed by atoms with Gasteiger partial charge in [-0.3, -0.25) is 0 Å². The molecule has 552 valence electrons. The molecule has 7 aromatic carbocycles. The smallest absolute Gasteiger partial charge is 0.338 e. The zero-order chi connectivity index (χ0) is 71.0. The maximum Gasteiger partial charge on any atom is 0.338 e. The van der Waals surface area contributed by atoms with Crippen LogP contribution in [-0.4, -0.2) is 84.6 Å². The monoisotopic (exact) mass is 1390 g/mol. The van der Waals surface area contributed by atoms with Gasteiger partial charge in [0.15, 0.2) is 11.5 Å². The Morgan fingerprint density at radius 2 is 0.584 bits per heavy atom. The predicted molar refractivity (Wildman–Crippen MR) is 412 cm³/mol. The normalized spacial score (nSPS) is 11.4. The molecule has 7 rings (SSSR count). The number of esters is 2. The van der Waals surface area contributed by atoms with Crippen molar-refractivity contribution < 1.29 is 61.7 Å². The van der Waals surface area contributed by atoms with Gasteiger partial charge in [-0.2, -0.15) is 0 Å². The molecule has 0 radical (unpaired) electrons. The third-order valence-electron chi connectivity index (χ3n) is 18.4. The maximum atomic E-state index is 14.2. The highest BCUT2D eigenvalue weighted by atomic mass is 16.6. The Bertz CT molecular complexity index is 3310. The Hall–Kier alpha value is -7.32. The summed E-state index contributed by atoms with van der Waals surface area (Å²) in [6.45, 7) is 16.4. The first-order chi connectivity index (χ1) is 49.7. The summed E-state index contributed by atoms with van der Waals surface area (Å²) in [5.41, 5.74) is 3.37. The third kappa shape index (κ3) is 32.7. The first-order valence-corrected chi connectivity index (χ1v) is 39.0. The number of unbranched alkanes of at least 4 members (excludes halogenated alkanes) is 27. The van der Waals surface area contributed by atoms with Gasteiger partial charge in [0.25, 0.3) is 0 Å². The second-order valence-corrected chi connectivity index (χ2v) is 27.2. The van der Waals surface area contributed by atoms with Gasteiger partial charge in [-0.05, 0) is 142 Å². The lowest BCUT2D eigenvalue weighted by atomic mass is 10.1. The van der Waals surface area contributed by atoms with Gasteiger partial charge in [0.2, 0.25) is 5.75 Å². The van der Waals surface area contributed by atoms with E-state index < -0.39 is 11.9 Å². The minimum Gasteiger partial charge on any atom is -0.494 e. The third-order valence-corrected chi connectivity index (χ3v) is 18.4. The average molecular weight is 1390 g/mol. The van der Waals surface area contributed by atoms with Crippen LogP contribution in [0, 0.1) is 0 Å².